The predicted molar refractivity (Wildman–Crippen MR) is 88.6 cm³/mol. The molecule has 5 nitrogen and oxygen atoms in total. The van der Waals surface area contributed by atoms with Crippen LogP contribution < -0.4 is 9.64 Å². The minimum absolute atomic E-state index is 0.0265. The van der Waals surface area contributed by atoms with Crippen molar-refractivity contribution in [3.8, 4) is 5.75 Å². The van der Waals surface area contributed by atoms with Crippen LogP contribution in [0.2, 0.25) is 0 Å². The fraction of sp³-hybridized carbons (Fsp3) is 0.556. The molecule has 23 heavy (non-hydrogen) atoms. The van der Waals surface area contributed by atoms with E-state index in [1.807, 2.05) is 28.0 Å². The minimum Gasteiger partial charge on any atom is -0.497 e. The van der Waals surface area contributed by atoms with E-state index < -0.39 is 0 Å². The van der Waals surface area contributed by atoms with Crippen LogP contribution in [0.5, 0.6) is 5.75 Å². The Labute approximate surface area is 137 Å². The lowest BCUT2D eigenvalue weighted by Crippen LogP contribution is -2.45. The number of aryl methyl sites for hydroxylation is 1. The molecule has 2 heterocycles. The van der Waals surface area contributed by atoms with Crippen molar-refractivity contribution in [3.63, 3.8) is 0 Å². The third-order valence-corrected chi connectivity index (χ3v) is 4.96. The first-order chi connectivity index (χ1) is 11.1. The first-order valence-electron chi connectivity index (χ1n) is 8.34. The summed E-state index contributed by atoms with van der Waals surface area (Å²) < 4.78 is 5.29. The third-order valence-electron chi connectivity index (χ3n) is 4.96. The molecule has 1 saturated heterocycles. The predicted octanol–water partition coefficient (Wildman–Crippen LogP) is 2.23. The third kappa shape index (κ3) is 3.19. The largest absolute Gasteiger partial charge is 0.497 e. The van der Waals surface area contributed by atoms with Gasteiger partial charge in [-0.2, -0.15) is 0 Å². The van der Waals surface area contributed by atoms with Crippen LogP contribution in [0.3, 0.4) is 0 Å². The molecule has 0 unspecified atom stereocenters. The number of piperidine rings is 1. The molecular formula is C18H24N2O3. The lowest BCUT2D eigenvalue weighted by atomic mass is 9.93. The van der Waals surface area contributed by atoms with Crippen LogP contribution >= 0.6 is 0 Å². The molecule has 1 aromatic carbocycles. The van der Waals surface area contributed by atoms with Crippen molar-refractivity contribution >= 4 is 17.5 Å². The number of carbonyl (C=O) groups is 2. The fourth-order valence-corrected chi connectivity index (χ4v) is 3.59. The van der Waals surface area contributed by atoms with E-state index in [2.05, 4.69) is 0 Å². The molecule has 2 aliphatic heterocycles. The zero-order valence-electron chi connectivity index (χ0n) is 13.9. The maximum absolute atomic E-state index is 12.9. The molecule has 0 saturated carbocycles. The minimum atomic E-state index is 0.0265. The molecule has 124 valence electrons. The van der Waals surface area contributed by atoms with Gasteiger partial charge in [0.25, 0.3) is 0 Å². The van der Waals surface area contributed by atoms with Crippen molar-refractivity contribution in [1.29, 1.82) is 0 Å². The molecule has 0 spiro atoms. The van der Waals surface area contributed by atoms with Crippen molar-refractivity contribution in [2.45, 2.75) is 32.6 Å². The van der Waals surface area contributed by atoms with E-state index in [0.29, 0.717) is 13.1 Å². The topological polar surface area (TPSA) is 49.9 Å². The molecule has 0 aliphatic carbocycles. The summed E-state index contributed by atoms with van der Waals surface area (Å²) in [4.78, 5) is 28.1. The Kier molecular flexibility index (Phi) is 4.55. The summed E-state index contributed by atoms with van der Waals surface area (Å²) >= 11 is 0. The average Bonchev–Trinajstić information content (AvgIpc) is 2.60. The van der Waals surface area contributed by atoms with E-state index in [1.54, 1.807) is 14.0 Å². The number of carbonyl (C=O) groups excluding carboxylic acids is 2. The standard InChI is InChI=1S/C18H24N2O3/c1-13(21)19-10-7-14(8-11-19)18(22)20-9-3-4-15-12-16(23-2)5-6-17(15)20/h5-6,12,14H,3-4,7-11H2,1-2H3. The van der Waals surface area contributed by atoms with Gasteiger partial charge in [-0.25, -0.2) is 0 Å². The number of hydrogen-bond donors (Lipinski definition) is 0. The highest BCUT2D eigenvalue weighted by Gasteiger charge is 2.32. The highest BCUT2D eigenvalue weighted by molar-refractivity contribution is 5.96. The van der Waals surface area contributed by atoms with Gasteiger partial charge < -0.3 is 14.5 Å². The molecule has 0 bridgehead atoms. The highest BCUT2D eigenvalue weighted by atomic mass is 16.5. The zero-order valence-corrected chi connectivity index (χ0v) is 13.9. The summed E-state index contributed by atoms with van der Waals surface area (Å²) in [7, 11) is 1.66. The number of fused-ring (bicyclic) bond motifs is 1. The van der Waals surface area contributed by atoms with Crippen molar-refractivity contribution in [1.82, 2.24) is 4.90 Å². The van der Waals surface area contributed by atoms with Gasteiger partial charge in [0, 0.05) is 38.2 Å². The van der Waals surface area contributed by atoms with Crippen molar-refractivity contribution in [2.75, 3.05) is 31.6 Å². The first kappa shape index (κ1) is 15.8. The lowest BCUT2D eigenvalue weighted by molar-refractivity contribution is -0.133. The average molecular weight is 316 g/mol. The molecule has 0 aromatic heterocycles. The van der Waals surface area contributed by atoms with Gasteiger partial charge in [-0.3, -0.25) is 9.59 Å². The van der Waals surface area contributed by atoms with Crippen LogP contribution in [0.4, 0.5) is 5.69 Å². The number of benzene rings is 1. The molecule has 2 aliphatic rings. The number of likely N-dealkylation sites (tertiary alicyclic amines) is 1. The number of hydrogen-bond acceptors (Lipinski definition) is 3. The number of amides is 2. The molecule has 1 aromatic rings. The van der Waals surface area contributed by atoms with E-state index in [1.165, 1.54) is 5.56 Å². The Hall–Kier alpha value is -2.04. The first-order valence-corrected chi connectivity index (χ1v) is 8.34. The summed E-state index contributed by atoms with van der Waals surface area (Å²) in [5, 5.41) is 0. The second kappa shape index (κ2) is 6.60. The highest BCUT2D eigenvalue weighted by Crippen LogP contribution is 2.32. The molecule has 0 radical (unpaired) electrons. The normalized spacial score (nSPS) is 18.5. The fourth-order valence-electron chi connectivity index (χ4n) is 3.59. The second-order valence-electron chi connectivity index (χ2n) is 6.37. The summed E-state index contributed by atoms with van der Waals surface area (Å²) in [5.41, 5.74) is 2.21. The Balaban J connectivity index is 1.73. The number of nitrogens with zero attached hydrogens (tertiary/aromatic N) is 2. The van der Waals surface area contributed by atoms with Crippen molar-refractivity contribution < 1.29 is 14.3 Å². The van der Waals surface area contributed by atoms with Gasteiger partial charge in [0.15, 0.2) is 0 Å². The van der Waals surface area contributed by atoms with E-state index in [9.17, 15) is 9.59 Å². The van der Waals surface area contributed by atoms with Crippen molar-refractivity contribution in [3.05, 3.63) is 23.8 Å². The maximum atomic E-state index is 12.9. The van der Waals surface area contributed by atoms with Gasteiger partial charge in [-0.05, 0) is 49.4 Å². The van der Waals surface area contributed by atoms with Crippen LogP contribution in [-0.2, 0) is 16.0 Å². The van der Waals surface area contributed by atoms with Crippen LogP contribution in [0.25, 0.3) is 0 Å². The van der Waals surface area contributed by atoms with Gasteiger partial charge in [0.1, 0.15) is 5.75 Å². The smallest absolute Gasteiger partial charge is 0.230 e. The Morgan fingerprint density at radius 1 is 1.17 bits per heavy atom. The summed E-state index contributed by atoms with van der Waals surface area (Å²) in [6.07, 6.45) is 3.50. The van der Waals surface area contributed by atoms with Crippen LogP contribution in [-0.4, -0.2) is 43.5 Å². The van der Waals surface area contributed by atoms with Gasteiger partial charge in [0.2, 0.25) is 11.8 Å². The summed E-state index contributed by atoms with van der Waals surface area (Å²) in [5.74, 6) is 1.18. The van der Waals surface area contributed by atoms with Gasteiger partial charge in [-0.15, -0.1) is 0 Å². The van der Waals surface area contributed by atoms with Gasteiger partial charge in [0.05, 0.1) is 7.11 Å². The second-order valence-corrected chi connectivity index (χ2v) is 6.37. The SMILES string of the molecule is COc1ccc2c(c1)CCCN2C(=O)C1CCN(C(C)=O)CC1. The Morgan fingerprint density at radius 2 is 1.91 bits per heavy atom. The molecule has 0 N–H and O–H groups in total. The summed E-state index contributed by atoms with van der Waals surface area (Å²) in [6.45, 7) is 3.76. The van der Waals surface area contributed by atoms with E-state index in [-0.39, 0.29) is 17.7 Å². The number of anilines is 1. The van der Waals surface area contributed by atoms with Gasteiger partial charge in [-0.1, -0.05) is 0 Å². The van der Waals surface area contributed by atoms with Crippen molar-refractivity contribution in [2.24, 2.45) is 5.92 Å². The molecule has 3 rings (SSSR count). The van der Waals surface area contributed by atoms with E-state index in [4.69, 9.17) is 4.74 Å². The van der Waals surface area contributed by atoms with Crippen LogP contribution in [0.1, 0.15) is 31.7 Å². The van der Waals surface area contributed by atoms with E-state index >= 15 is 0 Å². The Morgan fingerprint density at radius 3 is 2.57 bits per heavy atom. The molecular weight excluding hydrogens is 292 g/mol. The molecule has 2 amide bonds. The quantitative estimate of drug-likeness (QED) is 0.841. The Bertz CT molecular complexity index is 606. The van der Waals surface area contributed by atoms with E-state index in [0.717, 1.165) is 43.7 Å². The lowest BCUT2D eigenvalue weighted by Gasteiger charge is -2.36. The van der Waals surface area contributed by atoms with Crippen LogP contribution in [0.15, 0.2) is 18.2 Å². The van der Waals surface area contributed by atoms with Gasteiger partial charge >= 0.3 is 0 Å². The van der Waals surface area contributed by atoms with Crippen LogP contribution in [0, 0.1) is 5.92 Å². The number of methoxy groups -OCH3 is 1. The number of rotatable bonds is 2. The number of ether oxygens (including phenoxy) is 1. The monoisotopic (exact) mass is 316 g/mol. The summed E-state index contributed by atoms with van der Waals surface area (Å²) in [6, 6.07) is 5.95. The maximum Gasteiger partial charge on any atom is 0.230 e. The zero-order chi connectivity index (χ0) is 16.4. The molecule has 0 atom stereocenters. The molecule has 1 fully saturated rings. The molecule has 5 heteroatoms.